The van der Waals surface area contributed by atoms with Crippen LogP contribution in [0.4, 0.5) is 0 Å². The summed E-state index contributed by atoms with van der Waals surface area (Å²) in [5, 5.41) is 2.31. The lowest BCUT2D eigenvalue weighted by atomic mass is 10.4. The number of halogens is 1. The summed E-state index contributed by atoms with van der Waals surface area (Å²) in [5.41, 5.74) is 2.16. The molecule has 0 saturated carbocycles. The highest BCUT2D eigenvalue weighted by molar-refractivity contribution is 9.09. The van der Waals surface area contributed by atoms with E-state index in [1.807, 2.05) is 24.5 Å². The fraction of sp³-hybridized carbons (Fsp3) is 0.222. The predicted octanol–water partition coefficient (Wildman–Crippen LogP) is 2.74. The molecule has 1 aromatic carbocycles. The summed E-state index contributed by atoms with van der Waals surface area (Å²) in [6.07, 6.45) is 10.2. The Labute approximate surface area is 151 Å². The smallest absolute Gasteiger partial charge is 0.197 e. The van der Waals surface area contributed by atoms with Gasteiger partial charge in [0.25, 0.3) is 0 Å². The summed E-state index contributed by atoms with van der Waals surface area (Å²) in [7, 11) is -1.91. The van der Waals surface area contributed by atoms with Gasteiger partial charge in [-0.3, -0.25) is 0 Å². The zero-order valence-electron chi connectivity index (χ0n) is 13.3. The molecular weight excluding hydrogens is 379 g/mol. The van der Waals surface area contributed by atoms with Crippen molar-refractivity contribution in [1.29, 1.82) is 0 Å². The lowest BCUT2D eigenvalue weighted by molar-refractivity contribution is 0.907. The first kappa shape index (κ1) is 17.1. The number of alkyl halides is 1. The Morgan fingerprint density at radius 3 is 1.92 bits per heavy atom. The second-order valence-electron chi connectivity index (χ2n) is 5.40. The number of rotatable bonds is 7. The van der Waals surface area contributed by atoms with Crippen LogP contribution in [0.5, 0.6) is 0 Å². The molecule has 0 unspecified atom stereocenters. The lowest BCUT2D eigenvalue weighted by Crippen LogP contribution is -2.36. The lowest BCUT2D eigenvalue weighted by Gasteiger charge is -2.24. The molecule has 0 aliphatic heterocycles. The first-order valence-electron chi connectivity index (χ1n) is 7.91. The molecule has 2 aromatic heterocycles. The summed E-state index contributed by atoms with van der Waals surface area (Å²) in [5.74, 6) is 0. The number of aromatic nitrogens is 4. The molecule has 0 aliphatic carbocycles. The Bertz CT molecular complexity index is 644. The average molecular weight is 398 g/mol. The van der Waals surface area contributed by atoms with Gasteiger partial charge in [0, 0.05) is 29.9 Å². The molecule has 0 fully saturated rings. The molecule has 0 spiro atoms. The monoisotopic (exact) mass is 398 g/mol. The molecule has 0 N–H and O–H groups in total. The van der Waals surface area contributed by atoms with E-state index in [9.17, 15) is 0 Å². The van der Waals surface area contributed by atoms with Crippen molar-refractivity contribution < 1.29 is 0 Å². The van der Waals surface area contributed by atoms with E-state index < -0.39 is 7.26 Å². The maximum atomic E-state index is 4.65. The van der Waals surface area contributed by atoms with Gasteiger partial charge < -0.3 is 0 Å². The third-order valence-electron chi connectivity index (χ3n) is 3.99. The molecule has 0 saturated heterocycles. The van der Waals surface area contributed by atoms with Gasteiger partial charge in [-0.15, -0.1) is 0 Å². The molecule has 4 nitrogen and oxygen atoms in total. The molecular formula is C18H19BrN4P+. The van der Waals surface area contributed by atoms with Crippen LogP contribution < -0.4 is 16.2 Å². The van der Waals surface area contributed by atoms with Gasteiger partial charge >= 0.3 is 0 Å². The minimum absolute atomic E-state index is 1.01. The summed E-state index contributed by atoms with van der Waals surface area (Å²) >= 11 is 3.55. The molecule has 0 amide bonds. The van der Waals surface area contributed by atoms with Crippen molar-refractivity contribution in [3.63, 3.8) is 0 Å². The minimum atomic E-state index is -1.91. The van der Waals surface area contributed by atoms with Crippen LogP contribution in [-0.4, -0.2) is 31.4 Å². The highest BCUT2D eigenvalue weighted by Crippen LogP contribution is 2.54. The van der Waals surface area contributed by atoms with Gasteiger partial charge in [-0.1, -0.05) is 34.1 Å². The molecule has 0 aliphatic rings. The fourth-order valence-corrected chi connectivity index (χ4v) is 7.28. The standard InChI is InChI=1S/C18H19BrN4P/c19-10-4-5-13-24(16-6-2-1-3-7-16,17-8-11-20-14-22-17)18-9-12-21-15-23-18/h1-3,6-9,11-12,14-15H,4-5,10,13H2/q+1/i19-4. The number of unbranched alkanes of at least 4 members (excludes halogenated alkanes) is 1. The predicted molar refractivity (Wildman–Crippen MR) is 104 cm³/mol. The molecule has 122 valence electrons. The Morgan fingerprint density at radius 2 is 1.42 bits per heavy atom. The van der Waals surface area contributed by atoms with Crippen LogP contribution in [0, 0.1) is 0 Å². The Hall–Kier alpha value is -1.71. The molecule has 2 heterocycles. The van der Waals surface area contributed by atoms with Crippen molar-refractivity contribution in [3.8, 4) is 0 Å². The van der Waals surface area contributed by atoms with Crippen LogP contribution in [0.2, 0.25) is 0 Å². The summed E-state index contributed by atoms with van der Waals surface area (Å²) in [4.78, 5) is 17.5. The molecule has 0 bridgehead atoms. The van der Waals surface area contributed by atoms with Gasteiger partial charge in [-0.05, 0) is 25.0 Å². The summed E-state index contributed by atoms with van der Waals surface area (Å²) in [6, 6.07) is 14.7. The van der Waals surface area contributed by atoms with Gasteiger partial charge in [0.2, 0.25) is 0 Å². The number of hydrogen-bond acceptors (Lipinski definition) is 4. The Balaban J connectivity index is 2.20. The topological polar surface area (TPSA) is 51.6 Å². The number of nitrogens with zero attached hydrogens (tertiary/aromatic N) is 4. The maximum Gasteiger partial charge on any atom is 0.197 e. The third-order valence-corrected chi connectivity index (χ3v) is 8.81. The summed E-state index contributed by atoms with van der Waals surface area (Å²) in [6.45, 7) is 0. The molecule has 3 aromatic rings. The quantitative estimate of drug-likeness (QED) is 0.349. The van der Waals surface area contributed by atoms with E-state index >= 15 is 0 Å². The maximum absolute atomic E-state index is 4.65. The Morgan fingerprint density at radius 1 is 0.792 bits per heavy atom. The van der Waals surface area contributed by atoms with Crippen LogP contribution in [0.1, 0.15) is 12.8 Å². The highest BCUT2D eigenvalue weighted by Gasteiger charge is 2.47. The SMILES string of the molecule is [76Br]CCCC[P+](c1ccccc1)(c1ccncn1)c1ccncn1. The third kappa shape index (κ3) is 3.52. The molecule has 3 rings (SSSR count). The second kappa shape index (κ2) is 8.41. The van der Waals surface area contributed by atoms with E-state index in [0.717, 1.165) is 35.2 Å². The van der Waals surface area contributed by atoms with Crippen LogP contribution in [-0.2, 0) is 0 Å². The van der Waals surface area contributed by atoms with E-state index in [1.54, 1.807) is 12.7 Å². The van der Waals surface area contributed by atoms with Crippen molar-refractivity contribution in [2.45, 2.75) is 12.8 Å². The first-order chi connectivity index (χ1) is 11.9. The van der Waals surface area contributed by atoms with E-state index in [-0.39, 0.29) is 0 Å². The molecule has 6 heteroatoms. The van der Waals surface area contributed by atoms with E-state index in [2.05, 4.69) is 66.2 Å². The van der Waals surface area contributed by atoms with Crippen LogP contribution >= 0.6 is 23.2 Å². The second-order valence-corrected chi connectivity index (χ2v) is 9.69. The van der Waals surface area contributed by atoms with Gasteiger partial charge in [0.1, 0.15) is 18.0 Å². The van der Waals surface area contributed by atoms with Gasteiger partial charge in [-0.25, -0.2) is 19.9 Å². The summed E-state index contributed by atoms with van der Waals surface area (Å²) < 4.78 is 0. The van der Waals surface area contributed by atoms with Crippen molar-refractivity contribution in [3.05, 3.63) is 67.5 Å². The minimum Gasteiger partial charge on any atom is -0.245 e. The Kier molecular flexibility index (Phi) is 6.00. The molecule has 24 heavy (non-hydrogen) atoms. The number of hydrogen-bond donors (Lipinski definition) is 0. The van der Waals surface area contributed by atoms with Crippen LogP contribution in [0.15, 0.2) is 67.5 Å². The van der Waals surface area contributed by atoms with E-state index in [0.29, 0.717) is 0 Å². The first-order valence-corrected chi connectivity index (χ1v) is 11.0. The zero-order chi connectivity index (χ0) is 16.7. The van der Waals surface area contributed by atoms with Crippen LogP contribution in [0.25, 0.3) is 0 Å². The average Bonchev–Trinajstić information content (AvgIpc) is 2.68. The van der Waals surface area contributed by atoms with Crippen LogP contribution in [0.3, 0.4) is 0 Å². The largest absolute Gasteiger partial charge is 0.245 e. The van der Waals surface area contributed by atoms with Crippen molar-refractivity contribution in [2.75, 3.05) is 11.5 Å². The highest BCUT2D eigenvalue weighted by atomic mass is 75.9. The van der Waals surface area contributed by atoms with Crippen molar-refractivity contribution in [2.24, 2.45) is 0 Å². The molecule has 0 radical (unpaired) electrons. The van der Waals surface area contributed by atoms with Gasteiger partial charge in [-0.2, -0.15) is 0 Å². The zero-order valence-corrected chi connectivity index (χ0v) is 15.8. The normalized spacial score (nSPS) is 11.4. The fourth-order valence-electron chi connectivity index (χ4n) is 2.89. The van der Waals surface area contributed by atoms with Gasteiger partial charge in [0.05, 0.1) is 6.16 Å². The van der Waals surface area contributed by atoms with Crippen molar-refractivity contribution in [1.82, 2.24) is 19.9 Å². The van der Waals surface area contributed by atoms with Crippen molar-refractivity contribution >= 4 is 39.4 Å². The van der Waals surface area contributed by atoms with E-state index in [1.165, 1.54) is 5.30 Å². The number of benzene rings is 1. The van der Waals surface area contributed by atoms with E-state index in [4.69, 9.17) is 0 Å². The van der Waals surface area contributed by atoms with Gasteiger partial charge in [0.15, 0.2) is 18.1 Å². The molecule has 0 atom stereocenters.